The number of rotatable bonds is 8. The van der Waals surface area contributed by atoms with Crippen LogP contribution in [0.15, 0.2) is 9.82 Å². The number of nitrogens with one attached hydrogen (secondary N) is 1. The largest absolute Gasteiger partial charge is 0.379 e. The number of nitrogens with zero attached hydrogens (tertiary/aromatic N) is 3. The molecule has 1 N–H and O–H groups in total. The molecule has 150 valence electrons. The third-order valence-corrected chi connectivity index (χ3v) is 5.97. The minimum absolute atomic E-state index is 0.0155. The van der Waals surface area contributed by atoms with Crippen LogP contribution in [0.25, 0.3) is 0 Å². The minimum Gasteiger partial charge on any atom is -0.379 e. The van der Waals surface area contributed by atoms with E-state index in [4.69, 9.17) is 4.74 Å². The maximum atomic E-state index is 12.6. The topological polar surface area (TPSA) is 76.5 Å². The van der Waals surface area contributed by atoms with Crippen LogP contribution in [-0.4, -0.2) is 65.0 Å². The molecule has 1 saturated heterocycles. The van der Waals surface area contributed by atoms with E-state index in [1.807, 2.05) is 18.4 Å². The lowest BCUT2D eigenvalue weighted by Crippen LogP contribution is -2.37. The number of hydrogen-bond acceptors (Lipinski definition) is 6. The van der Waals surface area contributed by atoms with Gasteiger partial charge in [-0.1, -0.05) is 11.8 Å². The second-order valence-corrected chi connectivity index (χ2v) is 8.41. The van der Waals surface area contributed by atoms with Crippen molar-refractivity contribution < 1.29 is 9.53 Å². The van der Waals surface area contributed by atoms with Crippen LogP contribution in [0.2, 0.25) is 0 Å². The normalized spacial score (nSPS) is 17.3. The van der Waals surface area contributed by atoms with Gasteiger partial charge in [0.2, 0.25) is 5.91 Å². The number of aromatic nitrogens is 2. The molecule has 0 saturated carbocycles. The van der Waals surface area contributed by atoms with Crippen molar-refractivity contribution in [1.82, 2.24) is 19.8 Å². The Bertz CT molecular complexity index is 714. The Balaban J connectivity index is 1.63. The highest BCUT2D eigenvalue weighted by Gasteiger charge is 2.22. The van der Waals surface area contributed by atoms with Crippen molar-refractivity contribution in [1.29, 1.82) is 0 Å². The Kier molecular flexibility index (Phi) is 7.32. The summed E-state index contributed by atoms with van der Waals surface area (Å²) in [7, 11) is 0. The Hall–Kier alpha value is -1.38. The number of carbonyl (C=O) groups is 1. The second-order valence-electron chi connectivity index (χ2n) is 7.45. The molecule has 7 nitrogen and oxygen atoms in total. The van der Waals surface area contributed by atoms with E-state index in [1.54, 1.807) is 0 Å². The molecule has 0 atom stereocenters. The van der Waals surface area contributed by atoms with Crippen molar-refractivity contribution in [2.24, 2.45) is 0 Å². The van der Waals surface area contributed by atoms with E-state index in [0.717, 1.165) is 69.3 Å². The number of morpholine rings is 1. The zero-order valence-electron chi connectivity index (χ0n) is 16.3. The number of carbonyl (C=O) groups excluding carboxylic acids is 1. The molecule has 2 aliphatic rings. The maximum absolute atomic E-state index is 12.6. The van der Waals surface area contributed by atoms with E-state index in [2.05, 4.69) is 15.2 Å². The first-order chi connectivity index (χ1) is 13.0. The van der Waals surface area contributed by atoms with Crippen LogP contribution in [0, 0.1) is 0 Å². The molecule has 8 heteroatoms. The molecule has 3 rings (SSSR count). The summed E-state index contributed by atoms with van der Waals surface area (Å²) in [5.74, 6) is 0.288. The predicted molar refractivity (Wildman–Crippen MR) is 106 cm³/mol. The lowest BCUT2D eigenvalue weighted by Gasteiger charge is -2.26. The van der Waals surface area contributed by atoms with E-state index < -0.39 is 0 Å². The van der Waals surface area contributed by atoms with Gasteiger partial charge in [-0.25, -0.2) is 4.79 Å². The van der Waals surface area contributed by atoms with Crippen molar-refractivity contribution in [3.05, 3.63) is 21.7 Å². The average molecular weight is 395 g/mol. The van der Waals surface area contributed by atoms with E-state index >= 15 is 0 Å². The van der Waals surface area contributed by atoms with Crippen molar-refractivity contribution in [2.75, 3.05) is 38.6 Å². The van der Waals surface area contributed by atoms with Crippen LogP contribution in [-0.2, 0) is 28.9 Å². The fourth-order valence-corrected chi connectivity index (χ4v) is 4.60. The fourth-order valence-electron chi connectivity index (χ4n) is 3.71. The second kappa shape index (κ2) is 9.71. The van der Waals surface area contributed by atoms with E-state index in [0.29, 0.717) is 12.3 Å². The summed E-state index contributed by atoms with van der Waals surface area (Å²) in [6.45, 7) is 9.12. The number of hydrogen-bond donors (Lipinski definition) is 1. The predicted octanol–water partition coefficient (Wildman–Crippen LogP) is 1.07. The molecule has 27 heavy (non-hydrogen) atoms. The highest BCUT2D eigenvalue weighted by atomic mass is 32.2. The van der Waals surface area contributed by atoms with E-state index in [-0.39, 0.29) is 17.6 Å². The number of thioether (sulfide) groups is 1. The Morgan fingerprint density at radius 1 is 1.26 bits per heavy atom. The molecule has 0 unspecified atom stereocenters. The van der Waals surface area contributed by atoms with Crippen molar-refractivity contribution in [2.45, 2.75) is 57.1 Å². The van der Waals surface area contributed by atoms with Crippen LogP contribution in [0.4, 0.5) is 0 Å². The van der Waals surface area contributed by atoms with E-state index in [9.17, 15) is 9.59 Å². The van der Waals surface area contributed by atoms with E-state index in [1.165, 1.54) is 17.3 Å². The van der Waals surface area contributed by atoms with Crippen molar-refractivity contribution in [3.8, 4) is 0 Å². The highest BCUT2D eigenvalue weighted by Crippen LogP contribution is 2.29. The maximum Gasteiger partial charge on any atom is 0.348 e. The molecule has 1 amide bonds. The number of ether oxygens (including phenoxy) is 1. The van der Waals surface area contributed by atoms with Gasteiger partial charge in [0.25, 0.3) is 0 Å². The molecular weight excluding hydrogens is 364 g/mol. The minimum atomic E-state index is -0.176. The molecule has 1 aromatic rings. The third-order valence-electron chi connectivity index (χ3n) is 4.95. The van der Waals surface area contributed by atoms with Crippen molar-refractivity contribution in [3.63, 3.8) is 0 Å². The Morgan fingerprint density at radius 3 is 2.78 bits per heavy atom. The quantitative estimate of drug-likeness (QED) is 0.525. The summed E-state index contributed by atoms with van der Waals surface area (Å²) in [5, 5.41) is 3.63. The summed E-state index contributed by atoms with van der Waals surface area (Å²) < 4.78 is 7.24. The van der Waals surface area contributed by atoms with Gasteiger partial charge >= 0.3 is 5.69 Å². The Morgan fingerprint density at radius 2 is 2.04 bits per heavy atom. The van der Waals surface area contributed by atoms with Gasteiger partial charge in [-0.05, 0) is 39.5 Å². The monoisotopic (exact) mass is 394 g/mol. The van der Waals surface area contributed by atoms with Gasteiger partial charge in [-0.15, -0.1) is 0 Å². The van der Waals surface area contributed by atoms with Crippen molar-refractivity contribution >= 4 is 17.7 Å². The number of fused-ring (bicyclic) bond motifs is 1. The first-order valence-electron chi connectivity index (χ1n) is 9.89. The molecule has 0 spiro atoms. The van der Waals surface area contributed by atoms with Crippen LogP contribution in [0.1, 0.15) is 37.9 Å². The Labute approximate surface area is 164 Å². The molecule has 1 aliphatic heterocycles. The summed E-state index contributed by atoms with van der Waals surface area (Å²) in [4.78, 5) is 31.2. The molecule has 2 heterocycles. The molecule has 1 fully saturated rings. The molecule has 0 bridgehead atoms. The lowest BCUT2D eigenvalue weighted by molar-refractivity contribution is -0.119. The summed E-state index contributed by atoms with van der Waals surface area (Å²) in [6.07, 6.45) is 3.86. The lowest BCUT2D eigenvalue weighted by atomic mass is 10.2. The van der Waals surface area contributed by atoms with Crippen LogP contribution >= 0.6 is 11.8 Å². The molecular formula is C19H30N4O3S. The van der Waals surface area contributed by atoms with Crippen LogP contribution in [0.5, 0.6) is 0 Å². The molecule has 1 aliphatic carbocycles. The first kappa shape index (κ1) is 20.4. The van der Waals surface area contributed by atoms with Gasteiger partial charge in [0.05, 0.1) is 19.0 Å². The molecule has 0 aromatic carbocycles. The SMILES string of the molecule is CC(C)NC(=O)CSc1nc(=O)n(CCCN2CCOCC2)c2c1CCC2. The summed E-state index contributed by atoms with van der Waals surface area (Å²) in [6, 6.07) is 0.122. The van der Waals surface area contributed by atoms with Crippen LogP contribution in [0.3, 0.4) is 0 Å². The zero-order valence-corrected chi connectivity index (χ0v) is 17.1. The standard InChI is InChI=1S/C19H30N4O3S/c1-14(2)20-17(24)13-27-18-15-5-3-6-16(15)23(19(25)21-18)8-4-7-22-9-11-26-12-10-22/h14H,3-13H2,1-2H3,(H,20,24). The average Bonchev–Trinajstić information content (AvgIpc) is 3.12. The van der Waals surface area contributed by atoms with Crippen LogP contribution < -0.4 is 11.0 Å². The van der Waals surface area contributed by atoms with Gasteiger partial charge < -0.3 is 10.1 Å². The third kappa shape index (κ3) is 5.56. The zero-order chi connectivity index (χ0) is 19.2. The summed E-state index contributed by atoms with van der Waals surface area (Å²) in [5.41, 5.74) is 2.12. The van der Waals surface area contributed by atoms with Gasteiger partial charge in [0.15, 0.2) is 0 Å². The van der Waals surface area contributed by atoms with Gasteiger partial charge in [0, 0.05) is 43.5 Å². The fraction of sp³-hybridized carbons (Fsp3) is 0.737. The molecule has 1 aromatic heterocycles. The summed E-state index contributed by atoms with van der Waals surface area (Å²) >= 11 is 1.39. The van der Waals surface area contributed by atoms with Gasteiger partial charge in [-0.3, -0.25) is 14.3 Å². The van der Waals surface area contributed by atoms with Gasteiger partial charge in [0.1, 0.15) is 5.03 Å². The smallest absolute Gasteiger partial charge is 0.348 e. The highest BCUT2D eigenvalue weighted by molar-refractivity contribution is 7.99. The number of amides is 1. The van der Waals surface area contributed by atoms with Gasteiger partial charge in [-0.2, -0.15) is 4.98 Å². The first-order valence-corrected chi connectivity index (χ1v) is 10.9. The molecule has 0 radical (unpaired) electrons.